The molecule has 26 heavy (non-hydrogen) atoms. The number of benzene rings is 1. The lowest BCUT2D eigenvalue weighted by Gasteiger charge is -2.34. The van der Waals surface area contributed by atoms with Gasteiger partial charge >= 0.3 is 0 Å². The number of nitrogens with zero attached hydrogens (tertiary/aromatic N) is 3. The molecule has 2 aliphatic rings. The van der Waals surface area contributed by atoms with Crippen LogP contribution in [0.4, 0.5) is 0 Å². The van der Waals surface area contributed by atoms with Gasteiger partial charge in [-0.05, 0) is 36.3 Å². The molecule has 1 amide bonds. The first-order valence-electron chi connectivity index (χ1n) is 8.37. The minimum atomic E-state index is -0.436. The molecule has 0 saturated carbocycles. The average molecular weight is 384 g/mol. The zero-order valence-corrected chi connectivity index (χ0v) is 15.6. The monoisotopic (exact) mass is 384 g/mol. The summed E-state index contributed by atoms with van der Waals surface area (Å²) in [5, 5.41) is 3.59. The summed E-state index contributed by atoms with van der Waals surface area (Å²) in [6.07, 6.45) is 2.72. The minimum absolute atomic E-state index is 0.155. The van der Waals surface area contributed by atoms with Crippen LogP contribution < -0.4 is 5.32 Å². The second kappa shape index (κ2) is 7.34. The molecule has 0 aliphatic carbocycles. The van der Waals surface area contributed by atoms with E-state index in [0.29, 0.717) is 30.6 Å². The second-order valence-corrected chi connectivity index (χ2v) is 8.25. The number of aliphatic imine (C=N–C) groups is 1. The van der Waals surface area contributed by atoms with Crippen LogP contribution in [0, 0.1) is 5.92 Å². The normalized spacial score (nSPS) is 25.2. The van der Waals surface area contributed by atoms with Crippen LogP contribution >= 0.6 is 23.3 Å². The van der Waals surface area contributed by atoms with E-state index in [0.717, 1.165) is 23.4 Å². The Morgan fingerprint density at radius 3 is 2.92 bits per heavy atom. The highest BCUT2D eigenvalue weighted by Gasteiger charge is 2.51. The van der Waals surface area contributed by atoms with Gasteiger partial charge in [0, 0.05) is 30.0 Å². The topological polar surface area (TPSA) is 74.7 Å². The largest absolute Gasteiger partial charge is 0.336 e. The molecule has 3 heterocycles. The third kappa shape index (κ3) is 3.22. The molecule has 4 rings (SSSR count). The molecule has 0 bridgehead atoms. The number of aromatic nitrogens is 1. The number of carbonyl (C=O) groups is 2. The van der Waals surface area contributed by atoms with Crippen molar-refractivity contribution in [3.8, 4) is 0 Å². The number of hydrogen-bond donors (Lipinski definition) is 1. The maximum atomic E-state index is 12.5. The van der Waals surface area contributed by atoms with Gasteiger partial charge in [0.2, 0.25) is 0 Å². The zero-order chi connectivity index (χ0) is 18.0. The Morgan fingerprint density at radius 2 is 2.19 bits per heavy atom. The number of carbonyl (C=O) groups excluding carboxylic acids is 2. The number of hydrogen-bond acceptors (Lipinski definition) is 7. The maximum Gasteiger partial charge on any atom is 0.281 e. The summed E-state index contributed by atoms with van der Waals surface area (Å²) in [6, 6.07) is 11.1. The van der Waals surface area contributed by atoms with E-state index < -0.39 is 5.54 Å². The summed E-state index contributed by atoms with van der Waals surface area (Å²) in [5.74, 6) is 0.990. The number of thioether (sulfide) groups is 1. The van der Waals surface area contributed by atoms with Crippen LogP contribution in [0.25, 0.3) is 0 Å². The molecule has 2 aliphatic heterocycles. The van der Waals surface area contributed by atoms with Gasteiger partial charge in [-0.2, -0.15) is 0 Å². The van der Waals surface area contributed by atoms with Gasteiger partial charge in [-0.1, -0.05) is 30.0 Å². The third-order valence-corrected chi connectivity index (χ3v) is 6.74. The van der Waals surface area contributed by atoms with E-state index in [2.05, 4.69) is 14.5 Å². The molecule has 2 aromatic rings. The fraction of sp³-hybridized carbons (Fsp3) is 0.294. The highest BCUT2D eigenvalue weighted by atomic mass is 32.2. The number of fused-ring (bicyclic) bond motifs is 1. The van der Waals surface area contributed by atoms with Crippen LogP contribution in [-0.2, 0) is 10.3 Å². The molecular formula is C17H17BN4O2S2. The predicted molar refractivity (Wildman–Crippen MR) is 107 cm³/mol. The van der Waals surface area contributed by atoms with Gasteiger partial charge in [-0.25, -0.2) is 9.37 Å². The Labute approximate surface area is 160 Å². The van der Waals surface area contributed by atoms with Crippen molar-refractivity contribution in [3.05, 3.63) is 53.0 Å². The van der Waals surface area contributed by atoms with Crippen LogP contribution in [0.15, 0.2) is 47.6 Å². The first-order chi connectivity index (χ1) is 12.7. The van der Waals surface area contributed by atoms with E-state index in [1.54, 1.807) is 30.1 Å². The molecule has 1 fully saturated rings. The quantitative estimate of drug-likeness (QED) is 0.636. The lowest BCUT2D eigenvalue weighted by molar-refractivity contribution is 0.0977. The summed E-state index contributed by atoms with van der Waals surface area (Å²) in [7, 11) is 0.406. The molecule has 1 aromatic heterocycles. The molecule has 9 heteroatoms. The van der Waals surface area contributed by atoms with E-state index in [9.17, 15) is 9.59 Å². The highest BCUT2D eigenvalue weighted by Crippen LogP contribution is 2.46. The van der Waals surface area contributed by atoms with Crippen molar-refractivity contribution in [2.24, 2.45) is 10.9 Å². The van der Waals surface area contributed by atoms with Crippen LogP contribution in [0.1, 0.15) is 15.2 Å². The number of rotatable bonds is 4. The number of amides is 1. The van der Waals surface area contributed by atoms with Crippen molar-refractivity contribution in [2.75, 3.05) is 18.8 Å². The molecule has 0 radical (unpaired) electrons. The summed E-state index contributed by atoms with van der Waals surface area (Å²) < 4.78 is 4.25. The van der Waals surface area contributed by atoms with Crippen molar-refractivity contribution < 1.29 is 9.59 Å². The smallest absolute Gasteiger partial charge is 0.281 e. The summed E-state index contributed by atoms with van der Waals surface area (Å²) >= 11 is 3.01. The molecule has 6 nitrogen and oxygen atoms in total. The van der Waals surface area contributed by atoms with Gasteiger partial charge in [0.25, 0.3) is 13.3 Å². The van der Waals surface area contributed by atoms with Crippen molar-refractivity contribution in [1.29, 1.82) is 0 Å². The highest BCUT2D eigenvalue weighted by molar-refractivity contribution is 8.13. The van der Waals surface area contributed by atoms with Crippen LogP contribution in [-0.4, -0.2) is 52.7 Å². The molecule has 1 N–H and O–H groups in total. The lowest BCUT2D eigenvalue weighted by atomic mass is 9.87. The molecule has 2 unspecified atom stereocenters. The molecule has 1 aromatic carbocycles. The van der Waals surface area contributed by atoms with E-state index in [1.165, 1.54) is 11.5 Å². The number of amidine groups is 1. The van der Waals surface area contributed by atoms with Gasteiger partial charge in [-0.3, -0.25) is 4.79 Å². The molecule has 132 valence electrons. The zero-order valence-electron chi connectivity index (χ0n) is 14.0. The summed E-state index contributed by atoms with van der Waals surface area (Å²) in [4.78, 5) is 31.7. The molecular weight excluding hydrogens is 367 g/mol. The lowest BCUT2D eigenvalue weighted by Crippen LogP contribution is -2.42. The first-order valence-corrected chi connectivity index (χ1v) is 10.1. The van der Waals surface area contributed by atoms with Gasteiger partial charge in [0.05, 0.1) is 11.1 Å². The average Bonchev–Trinajstić information content (AvgIpc) is 3.30. The fourth-order valence-corrected chi connectivity index (χ4v) is 5.47. The van der Waals surface area contributed by atoms with Crippen LogP contribution in [0.3, 0.4) is 0 Å². The van der Waals surface area contributed by atoms with Gasteiger partial charge in [-0.15, -0.1) is 0 Å². The van der Waals surface area contributed by atoms with E-state index >= 15 is 0 Å². The summed E-state index contributed by atoms with van der Waals surface area (Å²) in [5.41, 5.74) is 0.174. The van der Waals surface area contributed by atoms with Gasteiger partial charge in [0.1, 0.15) is 5.54 Å². The standard InChI is InChI=1S/C17H17BN4O2S2/c23-11-18-22-8-13-9-25-16(20-15(24)12-4-2-1-3-5-12)21-17(13,10-22)14-6-7-19-26-14/h1-7,11,13,18H,8-10H2,(H,20,21,24). The van der Waals surface area contributed by atoms with E-state index in [1.807, 2.05) is 24.3 Å². The Bertz CT molecular complexity index is 831. The van der Waals surface area contributed by atoms with E-state index in [-0.39, 0.29) is 5.91 Å². The Kier molecular flexibility index (Phi) is 4.93. The Morgan fingerprint density at radius 1 is 1.35 bits per heavy atom. The minimum Gasteiger partial charge on any atom is -0.336 e. The van der Waals surface area contributed by atoms with Crippen molar-refractivity contribution in [2.45, 2.75) is 5.54 Å². The SMILES string of the molecule is O=CBN1CC2CSC(NC(=O)c3ccccc3)=NC2(c2ccns2)C1. The number of nitrogens with one attached hydrogen (secondary N) is 1. The third-order valence-electron chi connectivity index (χ3n) is 4.79. The van der Waals surface area contributed by atoms with Crippen molar-refractivity contribution >= 4 is 48.0 Å². The fourth-order valence-electron chi connectivity index (χ4n) is 3.55. The summed E-state index contributed by atoms with van der Waals surface area (Å²) in [6.45, 7) is 1.50. The van der Waals surface area contributed by atoms with Crippen LogP contribution in [0.5, 0.6) is 0 Å². The van der Waals surface area contributed by atoms with Gasteiger partial charge in [0.15, 0.2) is 5.17 Å². The second-order valence-electron chi connectivity index (χ2n) is 6.41. The maximum absolute atomic E-state index is 12.5. The Balaban J connectivity index is 1.63. The van der Waals surface area contributed by atoms with Crippen LogP contribution in [0.2, 0.25) is 0 Å². The van der Waals surface area contributed by atoms with Gasteiger partial charge < -0.3 is 14.9 Å². The molecule has 1 saturated heterocycles. The predicted octanol–water partition coefficient (Wildman–Crippen LogP) is 1.34. The van der Waals surface area contributed by atoms with Crippen molar-refractivity contribution in [3.63, 3.8) is 0 Å². The Hall–Kier alpha value is -1.97. The molecule has 0 spiro atoms. The molecule has 2 atom stereocenters. The van der Waals surface area contributed by atoms with E-state index in [4.69, 9.17) is 4.99 Å². The van der Waals surface area contributed by atoms with Crippen molar-refractivity contribution in [1.82, 2.24) is 14.5 Å². The first kappa shape index (κ1) is 17.4.